The first kappa shape index (κ1) is 18.6. The summed E-state index contributed by atoms with van der Waals surface area (Å²) >= 11 is 1.37. The van der Waals surface area contributed by atoms with E-state index in [2.05, 4.69) is 5.32 Å². The summed E-state index contributed by atoms with van der Waals surface area (Å²) in [7, 11) is 4.70. The van der Waals surface area contributed by atoms with Gasteiger partial charge in [0.05, 0.1) is 32.3 Å². The summed E-state index contributed by atoms with van der Waals surface area (Å²) in [4.78, 5) is 17.6. The zero-order chi connectivity index (χ0) is 18.5. The molecular weight excluding hydrogens is 352 g/mol. The zero-order valence-electron chi connectivity index (χ0n) is 15.3. The van der Waals surface area contributed by atoms with Crippen molar-refractivity contribution in [2.75, 3.05) is 21.3 Å². The Balaban J connectivity index is 1.85. The summed E-state index contributed by atoms with van der Waals surface area (Å²) in [5.74, 6) is 1.48. The average Bonchev–Trinajstić information content (AvgIpc) is 3.00. The maximum Gasteiger partial charge on any atom is 0.264 e. The first-order chi connectivity index (χ1) is 12.7. The van der Waals surface area contributed by atoms with Gasteiger partial charge >= 0.3 is 0 Å². The number of amidine groups is 1. The molecule has 140 valence electrons. The fourth-order valence-electron chi connectivity index (χ4n) is 3.24. The number of benzene rings is 1. The van der Waals surface area contributed by atoms with Crippen LogP contribution in [0, 0.1) is 0 Å². The van der Waals surface area contributed by atoms with Crippen LogP contribution in [0.15, 0.2) is 22.0 Å². The maximum absolute atomic E-state index is 12.3. The first-order valence-electron chi connectivity index (χ1n) is 8.74. The Morgan fingerprint density at radius 2 is 1.81 bits per heavy atom. The molecule has 0 atom stereocenters. The van der Waals surface area contributed by atoms with Crippen molar-refractivity contribution in [2.24, 2.45) is 4.99 Å². The van der Waals surface area contributed by atoms with Crippen molar-refractivity contribution < 1.29 is 19.0 Å². The topological polar surface area (TPSA) is 69.2 Å². The third kappa shape index (κ3) is 3.98. The number of aliphatic imine (C=N–C) groups is 1. The zero-order valence-corrected chi connectivity index (χ0v) is 16.1. The molecule has 3 rings (SSSR count). The number of nitrogens with zero attached hydrogens (tertiary/aromatic N) is 1. The molecule has 2 fully saturated rings. The van der Waals surface area contributed by atoms with E-state index in [0.717, 1.165) is 18.4 Å². The molecule has 1 aliphatic carbocycles. The van der Waals surface area contributed by atoms with Gasteiger partial charge in [-0.1, -0.05) is 19.3 Å². The molecule has 1 N–H and O–H groups in total. The van der Waals surface area contributed by atoms with Crippen LogP contribution in [0.25, 0.3) is 6.08 Å². The quantitative estimate of drug-likeness (QED) is 0.795. The van der Waals surface area contributed by atoms with Crippen LogP contribution in [-0.2, 0) is 4.79 Å². The third-order valence-electron chi connectivity index (χ3n) is 4.55. The average molecular weight is 376 g/mol. The van der Waals surface area contributed by atoms with Crippen LogP contribution in [0.3, 0.4) is 0 Å². The second-order valence-corrected chi connectivity index (χ2v) is 7.25. The van der Waals surface area contributed by atoms with E-state index in [4.69, 9.17) is 19.2 Å². The SMILES string of the molecule is COc1ccc(C=C2SC(=NC3CCCCC3)NC2=O)c(OC)c1OC. The van der Waals surface area contributed by atoms with E-state index < -0.39 is 0 Å². The van der Waals surface area contributed by atoms with Crippen LogP contribution in [0.5, 0.6) is 17.2 Å². The predicted octanol–water partition coefficient (Wildman–Crippen LogP) is 3.61. The molecule has 0 aromatic heterocycles. The summed E-state index contributed by atoms with van der Waals surface area (Å²) in [5, 5.41) is 3.56. The first-order valence-corrected chi connectivity index (χ1v) is 9.55. The van der Waals surface area contributed by atoms with Crippen molar-refractivity contribution >= 4 is 28.9 Å². The fraction of sp³-hybridized carbons (Fsp3) is 0.474. The van der Waals surface area contributed by atoms with Gasteiger partial charge in [0.1, 0.15) is 0 Å². The summed E-state index contributed by atoms with van der Waals surface area (Å²) < 4.78 is 16.2. The van der Waals surface area contributed by atoms with Gasteiger partial charge < -0.3 is 19.5 Å². The molecule has 1 saturated heterocycles. The molecule has 0 unspecified atom stereocenters. The highest BCUT2D eigenvalue weighted by Gasteiger charge is 2.26. The number of methoxy groups -OCH3 is 3. The van der Waals surface area contributed by atoms with E-state index in [1.807, 2.05) is 6.07 Å². The summed E-state index contributed by atoms with van der Waals surface area (Å²) in [6.07, 6.45) is 7.71. The van der Waals surface area contributed by atoms with Crippen molar-refractivity contribution in [3.8, 4) is 17.2 Å². The van der Waals surface area contributed by atoms with E-state index in [1.54, 1.807) is 33.5 Å². The molecule has 0 bridgehead atoms. The standard InChI is InChI=1S/C19H24N2O4S/c1-23-14-10-9-12(16(24-2)17(14)25-3)11-15-18(22)21-19(26-15)20-13-7-5-4-6-8-13/h9-11,13H,4-8H2,1-3H3,(H,20,21,22). The van der Waals surface area contributed by atoms with E-state index in [-0.39, 0.29) is 5.91 Å². The van der Waals surface area contributed by atoms with Crippen molar-refractivity contribution in [1.29, 1.82) is 0 Å². The highest BCUT2D eigenvalue weighted by Crippen LogP contribution is 2.41. The number of thioether (sulfide) groups is 1. The highest BCUT2D eigenvalue weighted by atomic mass is 32.2. The van der Waals surface area contributed by atoms with Gasteiger partial charge in [0.15, 0.2) is 16.7 Å². The van der Waals surface area contributed by atoms with E-state index in [9.17, 15) is 4.79 Å². The van der Waals surface area contributed by atoms with Gasteiger partial charge in [-0.15, -0.1) is 0 Å². The van der Waals surface area contributed by atoms with E-state index >= 15 is 0 Å². The fourth-order valence-corrected chi connectivity index (χ4v) is 4.13. The van der Waals surface area contributed by atoms with Crippen molar-refractivity contribution in [2.45, 2.75) is 38.1 Å². The van der Waals surface area contributed by atoms with E-state index in [0.29, 0.717) is 33.4 Å². The highest BCUT2D eigenvalue weighted by molar-refractivity contribution is 8.18. The van der Waals surface area contributed by atoms with Gasteiger partial charge in [0.2, 0.25) is 5.75 Å². The lowest BCUT2D eigenvalue weighted by Gasteiger charge is -2.17. The van der Waals surface area contributed by atoms with Crippen LogP contribution in [0.4, 0.5) is 0 Å². The minimum atomic E-state index is -0.138. The second kappa shape index (κ2) is 8.49. The molecule has 1 saturated carbocycles. The van der Waals surface area contributed by atoms with Gasteiger partial charge in [-0.05, 0) is 42.8 Å². The van der Waals surface area contributed by atoms with Crippen LogP contribution < -0.4 is 19.5 Å². The van der Waals surface area contributed by atoms with E-state index in [1.165, 1.54) is 31.0 Å². The number of rotatable bonds is 5. The number of amides is 1. The monoisotopic (exact) mass is 376 g/mol. The molecular formula is C19H24N2O4S. The maximum atomic E-state index is 12.3. The minimum Gasteiger partial charge on any atom is -0.493 e. The molecule has 26 heavy (non-hydrogen) atoms. The molecule has 1 amide bonds. The molecule has 0 radical (unpaired) electrons. The molecule has 6 nitrogen and oxygen atoms in total. The van der Waals surface area contributed by atoms with Gasteiger partial charge in [0.25, 0.3) is 5.91 Å². The number of nitrogens with one attached hydrogen (secondary N) is 1. The Morgan fingerprint density at radius 3 is 2.46 bits per heavy atom. The Hall–Kier alpha value is -2.15. The Bertz CT molecular complexity index is 739. The molecule has 1 aliphatic heterocycles. The Morgan fingerprint density at radius 1 is 1.08 bits per heavy atom. The number of carbonyl (C=O) groups is 1. The molecule has 1 heterocycles. The lowest BCUT2D eigenvalue weighted by atomic mass is 9.96. The minimum absolute atomic E-state index is 0.138. The van der Waals surface area contributed by atoms with Crippen LogP contribution in [0.2, 0.25) is 0 Å². The van der Waals surface area contributed by atoms with Gasteiger partial charge in [-0.25, -0.2) is 0 Å². The number of ether oxygens (including phenoxy) is 3. The Labute approximate surface area is 158 Å². The summed E-state index contributed by atoms with van der Waals surface area (Å²) in [5.41, 5.74) is 0.752. The third-order valence-corrected chi connectivity index (χ3v) is 5.47. The number of carbonyl (C=O) groups excluding carboxylic acids is 1. The van der Waals surface area contributed by atoms with Gasteiger partial charge in [0, 0.05) is 5.56 Å². The largest absolute Gasteiger partial charge is 0.493 e. The molecule has 7 heteroatoms. The van der Waals surface area contributed by atoms with Crippen molar-refractivity contribution in [1.82, 2.24) is 5.32 Å². The lowest BCUT2D eigenvalue weighted by molar-refractivity contribution is -0.115. The van der Waals surface area contributed by atoms with Gasteiger partial charge in [-0.3, -0.25) is 9.79 Å². The molecule has 2 aliphatic rings. The van der Waals surface area contributed by atoms with Crippen molar-refractivity contribution in [3.05, 3.63) is 22.6 Å². The van der Waals surface area contributed by atoms with Crippen LogP contribution in [0.1, 0.15) is 37.7 Å². The number of hydrogen-bond acceptors (Lipinski definition) is 6. The summed E-state index contributed by atoms with van der Waals surface area (Å²) in [6, 6.07) is 3.96. The Kier molecular flexibility index (Phi) is 6.08. The number of hydrogen-bond donors (Lipinski definition) is 1. The molecule has 1 aromatic rings. The smallest absolute Gasteiger partial charge is 0.264 e. The van der Waals surface area contributed by atoms with Gasteiger partial charge in [-0.2, -0.15) is 0 Å². The normalized spacial score (nSPS) is 21.1. The predicted molar refractivity (Wildman–Crippen MR) is 104 cm³/mol. The van der Waals surface area contributed by atoms with Crippen LogP contribution in [-0.4, -0.2) is 38.4 Å². The molecule has 0 spiro atoms. The van der Waals surface area contributed by atoms with Crippen molar-refractivity contribution in [3.63, 3.8) is 0 Å². The second-order valence-electron chi connectivity index (χ2n) is 6.21. The molecule has 1 aromatic carbocycles. The summed E-state index contributed by atoms with van der Waals surface area (Å²) in [6.45, 7) is 0. The van der Waals surface area contributed by atoms with Crippen LogP contribution >= 0.6 is 11.8 Å². The lowest BCUT2D eigenvalue weighted by Crippen LogP contribution is -2.22.